The van der Waals surface area contributed by atoms with Crippen molar-refractivity contribution in [3.8, 4) is 0 Å². The van der Waals surface area contributed by atoms with E-state index in [2.05, 4.69) is 43.6 Å². The second kappa shape index (κ2) is 8.51. The van der Waals surface area contributed by atoms with E-state index in [1.165, 1.54) is 17.3 Å². The third kappa shape index (κ3) is 4.74. The summed E-state index contributed by atoms with van der Waals surface area (Å²) in [5.41, 5.74) is 3.08. The molecule has 0 atom stereocenters. The standard InChI is InChI=1S/C19H19BrN4OS/c1-13-8-9-16(15(20)10-13)21-18(25)12-26-19-23-22-17(24(19)2)11-14-6-4-3-5-7-14/h3-10H,11-12H2,1-2H3,(H,21,25). The summed E-state index contributed by atoms with van der Waals surface area (Å²) in [6, 6.07) is 16.0. The highest BCUT2D eigenvalue weighted by Gasteiger charge is 2.12. The summed E-state index contributed by atoms with van der Waals surface area (Å²) in [6.07, 6.45) is 0.716. The molecule has 1 amide bonds. The van der Waals surface area contributed by atoms with Gasteiger partial charge in [0.15, 0.2) is 5.16 Å². The van der Waals surface area contributed by atoms with E-state index < -0.39 is 0 Å². The third-order valence-corrected chi connectivity index (χ3v) is 5.54. The lowest BCUT2D eigenvalue weighted by molar-refractivity contribution is -0.113. The fraction of sp³-hybridized carbons (Fsp3) is 0.211. The molecule has 7 heteroatoms. The first-order chi connectivity index (χ1) is 12.5. The number of thioether (sulfide) groups is 1. The molecule has 1 N–H and O–H groups in total. The molecule has 3 rings (SSSR count). The number of carbonyl (C=O) groups is 1. The Hall–Kier alpha value is -2.12. The van der Waals surface area contributed by atoms with Crippen molar-refractivity contribution < 1.29 is 4.79 Å². The van der Waals surface area contributed by atoms with Gasteiger partial charge in [-0.3, -0.25) is 4.79 Å². The van der Waals surface area contributed by atoms with Crippen LogP contribution in [0.25, 0.3) is 0 Å². The molecule has 0 radical (unpaired) electrons. The molecule has 0 unspecified atom stereocenters. The van der Waals surface area contributed by atoms with Gasteiger partial charge < -0.3 is 9.88 Å². The SMILES string of the molecule is Cc1ccc(NC(=O)CSc2nnc(Cc3ccccc3)n2C)c(Br)c1. The fourth-order valence-electron chi connectivity index (χ4n) is 2.44. The van der Waals surface area contributed by atoms with Gasteiger partial charge >= 0.3 is 0 Å². The zero-order valence-corrected chi connectivity index (χ0v) is 17.0. The number of benzene rings is 2. The Kier molecular flexibility index (Phi) is 6.11. The van der Waals surface area contributed by atoms with Crippen LogP contribution in [0, 0.1) is 6.92 Å². The molecule has 3 aromatic rings. The van der Waals surface area contributed by atoms with Gasteiger partial charge in [0.25, 0.3) is 0 Å². The molecule has 0 aliphatic carbocycles. The van der Waals surface area contributed by atoms with Crippen LogP contribution in [0.2, 0.25) is 0 Å². The molecule has 2 aromatic carbocycles. The van der Waals surface area contributed by atoms with Gasteiger partial charge in [-0.25, -0.2) is 0 Å². The highest BCUT2D eigenvalue weighted by molar-refractivity contribution is 9.10. The number of halogens is 1. The molecule has 26 heavy (non-hydrogen) atoms. The maximum atomic E-state index is 12.2. The van der Waals surface area contributed by atoms with Crippen LogP contribution in [0.4, 0.5) is 5.69 Å². The van der Waals surface area contributed by atoms with Gasteiger partial charge in [0.05, 0.1) is 11.4 Å². The minimum atomic E-state index is -0.0767. The number of nitrogens with zero attached hydrogens (tertiary/aromatic N) is 3. The highest BCUT2D eigenvalue weighted by atomic mass is 79.9. The average Bonchev–Trinajstić information content (AvgIpc) is 2.96. The topological polar surface area (TPSA) is 59.8 Å². The molecule has 1 aromatic heterocycles. The Labute approximate surface area is 165 Å². The van der Waals surface area contributed by atoms with Gasteiger partial charge in [-0.15, -0.1) is 10.2 Å². The number of rotatable bonds is 6. The summed E-state index contributed by atoms with van der Waals surface area (Å²) in [6.45, 7) is 2.01. The lowest BCUT2D eigenvalue weighted by Crippen LogP contribution is -2.15. The molecule has 1 heterocycles. The van der Waals surface area contributed by atoms with E-state index in [0.717, 1.165) is 26.7 Å². The third-order valence-electron chi connectivity index (χ3n) is 3.86. The maximum absolute atomic E-state index is 12.2. The predicted molar refractivity (Wildman–Crippen MR) is 108 cm³/mol. The van der Waals surface area contributed by atoms with Crippen LogP contribution >= 0.6 is 27.7 Å². The summed E-state index contributed by atoms with van der Waals surface area (Å²) in [4.78, 5) is 12.2. The van der Waals surface area contributed by atoms with Crippen LogP contribution in [-0.4, -0.2) is 26.4 Å². The quantitative estimate of drug-likeness (QED) is 0.595. The molecule has 134 valence electrons. The molecule has 0 aliphatic rings. The summed E-state index contributed by atoms with van der Waals surface area (Å²) >= 11 is 4.85. The number of hydrogen-bond donors (Lipinski definition) is 1. The van der Waals surface area contributed by atoms with Crippen molar-refractivity contribution >= 4 is 39.3 Å². The van der Waals surface area contributed by atoms with E-state index in [4.69, 9.17) is 0 Å². The number of carbonyl (C=O) groups excluding carboxylic acids is 1. The van der Waals surface area contributed by atoms with E-state index in [9.17, 15) is 4.79 Å². The molecule has 0 bridgehead atoms. The summed E-state index contributed by atoms with van der Waals surface area (Å²) in [7, 11) is 1.93. The lowest BCUT2D eigenvalue weighted by atomic mass is 10.1. The van der Waals surface area contributed by atoms with E-state index in [1.807, 2.05) is 54.9 Å². The van der Waals surface area contributed by atoms with Gasteiger partial charge in [-0.05, 0) is 46.1 Å². The summed E-state index contributed by atoms with van der Waals surface area (Å²) in [5.74, 6) is 1.07. The minimum Gasteiger partial charge on any atom is -0.324 e. The van der Waals surface area contributed by atoms with Crippen LogP contribution in [0.5, 0.6) is 0 Å². The zero-order chi connectivity index (χ0) is 18.5. The Morgan fingerprint density at radius 1 is 1.19 bits per heavy atom. The Bertz CT molecular complexity index is 911. The molecule has 0 fully saturated rings. The van der Waals surface area contributed by atoms with E-state index in [1.54, 1.807) is 0 Å². The predicted octanol–water partition coefficient (Wildman–Crippen LogP) is 4.21. The first-order valence-electron chi connectivity index (χ1n) is 8.14. The van der Waals surface area contributed by atoms with Crippen LogP contribution in [-0.2, 0) is 18.3 Å². The number of nitrogens with one attached hydrogen (secondary N) is 1. The van der Waals surface area contributed by atoms with Gasteiger partial charge in [0.2, 0.25) is 5.91 Å². The van der Waals surface area contributed by atoms with Crippen molar-refractivity contribution in [1.82, 2.24) is 14.8 Å². The van der Waals surface area contributed by atoms with Gasteiger partial charge in [-0.2, -0.15) is 0 Å². The minimum absolute atomic E-state index is 0.0767. The first-order valence-corrected chi connectivity index (χ1v) is 9.92. The van der Waals surface area contributed by atoms with Crippen LogP contribution in [0.1, 0.15) is 17.0 Å². The Morgan fingerprint density at radius 2 is 1.96 bits per heavy atom. The van der Waals surface area contributed by atoms with Crippen LogP contribution in [0.3, 0.4) is 0 Å². The van der Waals surface area contributed by atoms with E-state index in [-0.39, 0.29) is 11.7 Å². The fourth-order valence-corrected chi connectivity index (χ4v) is 3.76. The van der Waals surface area contributed by atoms with Crippen LogP contribution < -0.4 is 5.32 Å². The maximum Gasteiger partial charge on any atom is 0.234 e. The monoisotopic (exact) mass is 430 g/mol. The van der Waals surface area contributed by atoms with Gasteiger partial charge in [-0.1, -0.05) is 48.2 Å². The number of anilines is 1. The Balaban J connectivity index is 1.58. The van der Waals surface area contributed by atoms with Crippen molar-refractivity contribution in [2.75, 3.05) is 11.1 Å². The second-order valence-corrected chi connectivity index (χ2v) is 7.74. The number of aryl methyl sites for hydroxylation is 1. The molecule has 5 nitrogen and oxygen atoms in total. The molecule has 0 saturated carbocycles. The summed E-state index contributed by atoms with van der Waals surface area (Å²) in [5, 5.41) is 12.1. The zero-order valence-electron chi connectivity index (χ0n) is 14.6. The molecular weight excluding hydrogens is 412 g/mol. The lowest BCUT2D eigenvalue weighted by Gasteiger charge is -2.08. The number of aromatic nitrogens is 3. The van der Waals surface area contributed by atoms with Gasteiger partial charge in [0.1, 0.15) is 5.82 Å². The van der Waals surface area contributed by atoms with Crippen LogP contribution in [0.15, 0.2) is 58.2 Å². The Morgan fingerprint density at radius 3 is 2.69 bits per heavy atom. The van der Waals surface area contributed by atoms with Crippen molar-refractivity contribution in [3.05, 3.63) is 70.0 Å². The second-order valence-electron chi connectivity index (χ2n) is 5.94. The smallest absolute Gasteiger partial charge is 0.234 e. The number of hydrogen-bond acceptors (Lipinski definition) is 4. The largest absolute Gasteiger partial charge is 0.324 e. The highest BCUT2D eigenvalue weighted by Crippen LogP contribution is 2.24. The number of amides is 1. The molecule has 0 spiro atoms. The van der Waals surface area contributed by atoms with E-state index >= 15 is 0 Å². The van der Waals surface area contributed by atoms with Crippen molar-refractivity contribution in [2.24, 2.45) is 7.05 Å². The van der Waals surface area contributed by atoms with E-state index in [0.29, 0.717) is 6.42 Å². The average molecular weight is 431 g/mol. The summed E-state index contributed by atoms with van der Waals surface area (Å²) < 4.78 is 2.81. The normalized spacial score (nSPS) is 10.7. The first kappa shape index (κ1) is 18.7. The van der Waals surface area contributed by atoms with Crippen molar-refractivity contribution in [1.29, 1.82) is 0 Å². The van der Waals surface area contributed by atoms with Gasteiger partial charge in [0, 0.05) is 17.9 Å². The molecule has 0 saturated heterocycles. The van der Waals surface area contributed by atoms with Crippen molar-refractivity contribution in [3.63, 3.8) is 0 Å². The molecule has 0 aliphatic heterocycles. The molecular formula is C19H19BrN4OS. The van der Waals surface area contributed by atoms with Crippen molar-refractivity contribution in [2.45, 2.75) is 18.5 Å².